The number of anilines is 1. The number of nitrogens with zero attached hydrogens (tertiary/aromatic N) is 3. The van der Waals surface area contributed by atoms with Gasteiger partial charge in [0.05, 0.1) is 12.1 Å². The maximum Gasteiger partial charge on any atom is 0.272 e. The zero-order chi connectivity index (χ0) is 18.5. The van der Waals surface area contributed by atoms with Crippen molar-refractivity contribution in [3.05, 3.63) is 52.4 Å². The third kappa shape index (κ3) is 3.98. The van der Waals surface area contributed by atoms with Crippen molar-refractivity contribution in [2.24, 2.45) is 5.10 Å². The zero-order valence-electron chi connectivity index (χ0n) is 14.4. The van der Waals surface area contributed by atoms with E-state index in [1.165, 1.54) is 16.3 Å². The molecule has 2 amide bonds. The lowest BCUT2D eigenvalue weighted by Crippen LogP contribution is -2.35. The van der Waals surface area contributed by atoms with Crippen molar-refractivity contribution in [3.63, 3.8) is 0 Å². The summed E-state index contributed by atoms with van der Waals surface area (Å²) in [4.78, 5) is 25.7. The molecular weight excluding hydrogens is 348 g/mol. The third-order valence-electron chi connectivity index (χ3n) is 4.02. The Morgan fingerprint density at radius 3 is 2.81 bits per heavy atom. The highest BCUT2D eigenvalue weighted by Crippen LogP contribution is 2.28. The van der Waals surface area contributed by atoms with Crippen LogP contribution in [-0.2, 0) is 22.6 Å². The van der Waals surface area contributed by atoms with Crippen molar-refractivity contribution in [3.8, 4) is 6.07 Å². The first-order chi connectivity index (χ1) is 12.6. The topological polar surface area (TPSA) is 85.6 Å². The summed E-state index contributed by atoms with van der Waals surface area (Å²) < 4.78 is 0. The molecule has 0 saturated carbocycles. The minimum Gasteiger partial charge on any atom is -0.311 e. The van der Waals surface area contributed by atoms with Gasteiger partial charge in [0, 0.05) is 17.7 Å². The SMILES string of the molecule is CCc1cc(C#N)c(NC(=O)C2=NN(Cc3ccccc3)C(=O)CC2)s1. The summed E-state index contributed by atoms with van der Waals surface area (Å²) in [7, 11) is 0. The highest BCUT2D eigenvalue weighted by Gasteiger charge is 2.25. The number of nitrogens with one attached hydrogen (secondary N) is 1. The molecule has 0 saturated heterocycles. The largest absolute Gasteiger partial charge is 0.311 e. The summed E-state index contributed by atoms with van der Waals surface area (Å²) in [6, 6.07) is 13.4. The van der Waals surface area contributed by atoms with E-state index in [-0.39, 0.29) is 18.2 Å². The highest BCUT2D eigenvalue weighted by atomic mass is 32.1. The standard InChI is InChI=1S/C19H18N4O2S/c1-2-15-10-14(11-20)19(26-15)21-18(25)16-8-9-17(24)23(22-16)12-13-6-4-3-5-7-13/h3-7,10H,2,8-9,12H2,1H3,(H,21,25). The molecular formula is C19H18N4O2S. The monoisotopic (exact) mass is 366 g/mol. The molecule has 132 valence electrons. The first-order valence-corrected chi connectivity index (χ1v) is 9.18. The van der Waals surface area contributed by atoms with Crippen LogP contribution in [0.5, 0.6) is 0 Å². The van der Waals surface area contributed by atoms with Gasteiger partial charge in [0.2, 0.25) is 5.91 Å². The third-order valence-corrected chi connectivity index (χ3v) is 5.22. The zero-order valence-corrected chi connectivity index (χ0v) is 15.2. The predicted octanol–water partition coefficient (Wildman–Crippen LogP) is 3.30. The molecule has 6 nitrogen and oxygen atoms in total. The van der Waals surface area contributed by atoms with Gasteiger partial charge < -0.3 is 5.32 Å². The van der Waals surface area contributed by atoms with Gasteiger partial charge in [0.1, 0.15) is 16.8 Å². The van der Waals surface area contributed by atoms with Crippen LogP contribution in [0, 0.1) is 11.3 Å². The number of rotatable bonds is 5. The average Bonchev–Trinajstić information content (AvgIpc) is 3.06. The van der Waals surface area contributed by atoms with E-state index >= 15 is 0 Å². The number of aryl methyl sites for hydroxylation is 1. The Bertz CT molecular complexity index is 896. The second-order valence-electron chi connectivity index (χ2n) is 5.86. The molecule has 2 heterocycles. The fraction of sp³-hybridized carbons (Fsp3) is 0.263. The number of hydrazone groups is 1. The van der Waals surface area contributed by atoms with Crippen molar-refractivity contribution in [2.45, 2.75) is 32.7 Å². The van der Waals surface area contributed by atoms with Gasteiger partial charge in [0.25, 0.3) is 5.91 Å². The molecule has 0 unspecified atom stereocenters. The molecule has 1 aromatic carbocycles. The second-order valence-corrected chi connectivity index (χ2v) is 7.00. The number of thiophene rings is 1. The summed E-state index contributed by atoms with van der Waals surface area (Å²) >= 11 is 1.39. The normalized spacial score (nSPS) is 13.9. The van der Waals surface area contributed by atoms with Crippen LogP contribution < -0.4 is 5.32 Å². The molecule has 0 fully saturated rings. The Labute approximate surface area is 155 Å². The number of hydrogen-bond donors (Lipinski definition) is 1. The fourth-order valence-corrected chi connectivity index (χ4v) is 3.55. The van der Waals surface area contributed by atoms with Crippen LogP contribution >= 0.6 is 11.3 Å². The van der Waals surface area contributed by atoms with Gasteiger partial charge in [-0.05, 0) is 18.1 Å². The molecule has 0 bridgehead atoms. The van der Waals surface area contributed by atoms with E-state index in [4.69, 9.17) is 0 Å². The van der Waals surface area contributed by atoms with Crippen LogP contribution in [0.2, 0.25) is 0 Å². The van der Waals surface area contributed by atoms with Crippen molar-refractivity contribution in [1.82, 2.24) is 5.01 Å². The second kappa shape index (κ2) is 7.93. The lowest BCUT2D eigenvalue weighted by molar-refractivity contribution is -0.132. The molecule has 3 rings (SSSR count). The van der Waals surface area contributed by atoms with Crippen molar-refractivity contribution < 1.29 is 9.59 Å². The van der Waals surface area contributed by atoms with Crippen LogP contribution in [0.1, 0.15) is 35.8 Å². The lowest BCUT2D eigenvalue weighted by Gasteiger charge is -2.23. The van der Waals surface area contributed by atoms with E-state index in [0.29, 0.717) is 29.2 Å². The molecule has 7 heteroatoms. The number of hydrogen-bond acceptors (Lipinski definition) is 5. The Hall–Kier alpha value is -2.98. The quantitative estimate of drug-likeness (QED) is 0.881. The van der Waals surface area contributed by atoms with Gasteiger partial charge in [-0.2, -0.15) is 10.4 Å². The van der Waals surface area contributed by atoms with E-state index in [1.54, 1.807) is 6.07 Å². The van der Waals surface area contributed by atoms with Crippen molar-refractivity contribution >= 4 is 33.9 Å². The Balaban J connectivity index is 1.76. The molecule has 0 atom stereocenters. The highest BCUT2D eigenvalue weighted by molar-refractivity contribution is 7.16. The molecule has 0 radical (unpaired) electrons. The van der Waals surface area contributed by atoms with Crippen LogP contribution in [-0.4, -0.2) is 22.5 Å². The van der Waals surface area contributed by atoms with Gasteiger partial charge >= 0.3 is 0 Å². The fourth-order valence-electron chi connectivity index (χ4n) is 2.61. The minimum absolute atomic E-state index is 0.104. The Kier molecular flexibility index (Phi) is 5.44. The maximum absolute atomic E-state index is 12.6. The predicted molar refractivity (Wildman–Crippen MR) is 101 cm³/mol. The summed E-state index contributed by atoms with van der Waals surface area (Å²) in [6.45, 7) is 2.33. The van der Waals surface area contributed by atoms with Gasteiger partial charge in [-0.15, -0.1) is 11.3 Å². The molecule has 1 aliphatic rings. The van der Waals surface area contributed by atoms with E-state index < -0.39 is 0 Å². The summed E-state index contributed by atoms with van der Waals surface area (Å²) in [5, 5.41) is 18.1. The summed E-state index contributed by atoms with van der Waals surface area (Å²) in [6.07, 6.45) is 1.34. The molecule has 1 aromatic heterocycles. The van der Waals surface area contributed by atoms with Crippen LogP contribution in [0.3, 0.4) is 0 Å². The summed E-state index contributed by atoms with van der Waals surface area (Å²) in [5.74, 6) is -0.468. The Morgan fingerprint density at radius 1 is 1.35 bits per heavy atom. The van der Waals surface area contributed by atoms with Gasteiger partial charge in [-0.25, -0.2) is 5.01 Å². The first kappa shape index (κ1) is 17.8. The lowest BCUT2D eigenvalue weighted by atomic mass is 10.1. The van der Waals surface area contributed by atoms with Gasteiger partial charge in [-0.1, -0.05) is 37.3 Å². The number of benzene rings is 1. The maximum atomic E-state index is 12.6. The van der Waals surface area contributed by atoms with E-state index in [2.05, 4.69) is 16.5 Å². The van der Waals surface area contributed by atoms with Crippen molar-refractivity contribution in [2.75, 3.05) is 5.32 Å². The molecule has 2 aromatic rings. The molecule has 0 spiro atoms. The van der Waals surface area contributed by atoms with Gasteiger partial charge in [0.15, 0.2) is 0 Å². The molecule has 1 N–H and O–H groups in total. The Morgan fingerprint density at radius 2 is 2.12 bits per heavy atom. The van der Waals surface area contributed by atoms with Crippen LogP contribution in [0.15, 0.2) is 41.5 Å². The molecule has 1 aliphatic heterocycles. The summed E-state index contributed by atoms with van der Waals surface area (Å²) in [5.41, 5.74) is 1.70. The average molecular weight is 366 g/mol. The molecule has 0 aliphatic carbocycles. The molecule has 26 heavy (non-hydrogen) atoms. The minimum atomic E-state index is -0.364. The van der Waals surface area contributed by atoms with E-state index in [1.807, 2.05) is 37.3 Å². The number of nitriles is 1. The van der Waals surface area contributed by atoms with Crippen LogP contribution in [0.25, 0.3) is 0 Å². The van der Waals surface area contributed by atoms with E-state index in [0.717, 1.165) is 16.9 Å². The van der Waals surface area contributed by atoms with Gasteiger partial charge in [-0.3, -0.25) is 9.59 Å². The smallest absolute Gasteiger partial charge is 0.272 e. The number of carbonyl (C=O) groups is 2. The van der Waals surface area contributed by atoms with Crippen LogP contribution in [0.4, 0.5) is 5.00 Å². The van der Waals surface area contributed by atoms with E-state index in [9.17, 15) is 14.9 Å². The van der Waals surface area contributed by atoms with Crippen molar-refractivity contribution in [1.29, 1.82) is 5.26 Å². The number of carbonyl (C=O) groups excluding carboxylic acids is 2. The number of amides is 2. The first-order valence-electron chi connectivity index (χ1n) is 8.36.